The van der Waals surface area contributed by atoms with Crippen LogP contribution in [0.1, 0.15) is 13.8 Å². The van der Waals surface area contributed by atoms with Gasteiger partial charge in [0, 0.05) is 25.6 Å². The van der Waals surface area contributed by atoms with Crippen molar-refractivity contribution in [2.24, 2.45) is 11.7 Å². The average Bonchev–Trinajstić information content (AvgIpc) is 2.37. The lowest BCUT2D eigenvalue weighted by Gasteiger charge is -2.35. The number of hydrogen-bond donors (Lipinski definition) is 2. The Morgan fingerprint density at radius 1 is 1.59 bits per heavy atom. The standard InChI is InChI=1S/C11H21N3O3/c1-3-13-10(15)9-7-17-5-4-14(9)11(16)8(2)6-12/h8-9H,3-7,12H2,1-2H3,(H,13,15). The van der Waals surface area contributed by atoms with Crippen LogP contribution in [0.2, 0.25) is 0 Å². The second-order valence-corrected chi connectivity index (χ2v) is 4.15. The molecule has 1 heterocycles. The molecule has 6 heteroatoms. The fraction of sp³-hybridized carbons (Fsp3) is 0.818. The molecule has 3 N–H and O–H groups in total. The lowest BCUT2D eigenvalue weighted by Crippen LogP contribution is -2.57. The van der Waals surface area contributed by atoms with Gasteiger partial charge in [-0.2, -0.15) is 0 Å². The Morgan fingerprint density at radius 3 is 2.88 bits per heavy atom. The van der Waals surface area contributed by atoms with Crippen LogP contribution in [0.3, 0.4) is 0 Å². The smallest absolute Gasteiger partial charge is 0.245 e. The maximum absolute atomic E-state index is 12.1. The first kappa shape index (κ1) is 13.9. The van der Waals surface area contributed by atoms with Gasteiger partial charge in [-0.3, -0.25) is 9.59 Å². The summed E-state index contributed by atoms with van der Waals surface area (Å²) in [6.45, 7) is 5.63. The second kappa shape index (κ2) is 6.56. The Morgan fingerprint density at radius 2 is 2.29 bits per heavy atom. The van der Waals surface area contributed by atoms with Crippen molar-refractivity contribution in [1.82, 2.24) is 10.2 Å². The van der Waals surface area contributed by atoms with Crippen LogP contribution in [-0.2, 0) is 14.3 Å². The molecule has 2 unspecified atom stereocenters. The van der Waals surface area contributed by atoms with Gasteiger partial charge in [0.15, 0.2) is 0 Å². The number of nitrogens with zero attached hydrogens (tertiary/aromatic N) is 1. The minimum atomic E-state index is -0.523. The molecule has 1 saturated heterocycles. The van der Waals surface area contributed by atoms with Crippen molar-refractivity contribution >= 4 is 11.8 Å². The Labute approximate surface area is 101 Å². The van der Waals surface area contributed by atoms with Crippen molar-refractivity contribution < 1.29 is 14.3 Å². The quantitative estimate of drug-likeness (QED) is 0.659. The van der Waals surface area contributed by atoms with Crippen molar-refractivity contribution in [3.8, 4) is 0 Å². The number of hydrogen-bond acceptors (Lipinski definition) is 4. The lowest BCUT2D eigenvalue weighted by molar-refractivity contribution is -0.150. The number of amides is 2. The van der Waals surface area contributed by atoms with E-state index < -0.39 is 6.04 Å². The summed E-state index contributed by atoms with van der Waals surface area (Å²) in [5, 5.41) is 2.71. The van der Waals surface area contributed by atoms with Crippen LogP contribution in [0.5, 0.6) is 0 Å². The Hall–Kier alpha value is -1.14. The van der Waals surface area contributed by atoms with Gasteiger partial charge in [-0.15, -0.1) is 0 Å². The fourth-order valence-electron chi connectivity index (χ4n) is 1.76. The molecule has 6 nitrogen and oxygen atoms in total. The fourth-order valence-corrected chi connectivity index (χ4v) is 1.76. The summed E-state index contributed by atoms with van der Waals surface area (Å²) in [7, 11) is 0. The van der Waals surface area contributed by atoms with E-state index in [1.807, 2.05) is 6.92 Å². The van der Waals surface area contributed by atoms with Crippen LogP contribution in [0.15, 0.2) is 0 Å². The van der Waals surface area contributed by atoms with Gasteiger partial charge >= 0.3 is 0 Å². The van der Waals surface area contributed by atoms with E-state index in [1.165, 1.54) is 0 Å². The molecule has 0 bridgehead atoms. The summed E-state index contributed by atoms with van der Waals surface area (Å²) in [4.78, 5) is 25.4. The van der Waals surface area contributed by atoms with E-state index in [0.29, 0.717) is 19.7 Å². The second-order valence-electron chi connectivity index (χ2n) is 4.15. The summed E-state index contributed by atoms with van der Waals surface area (Å²) in [5.74, 6) is -0.498. The zero-order valence-corrected chi connectivity index (χ0v) is 10.4. The van der Waals surface area contributed by atoms with Crippen LogP contribution >= 0.6 is 0 Å². The molecule has 1 rings (SSSR count). The first-order valence-electron chi connectivity index (χ1n) is 5.97. The number of carbonyl (C=O) groups is 2. The molecule has 98 valence electrons. The Bertz CT molecular complexity index is 283. The topological polar surface area (TPSA) is 84.7 Å². The first-order chi connectivity index (χ1) is 8.11. The average molecular weight is 243 g/mol. The van der Waals surface area contributed by atoms with Gasteiger partial charge in [0.25, 0.3) is 0 Å². The number of nitrogens with two attached hydrogens (primary N) is 1. The van der Waals surface area contributed by atoms with Crippen LogP contribution in [0, 0.1) is 5.92 Å². The number of likely N-dealkylation sites (N-methyl/N-ethyl adjacent to an activating group) is 1. The molecular formula is C11H21N3O3. The summed E-state index contributed by atoms with van der Waals surface area (Å²) in [5.41, 5.74) is 5.48. The van der Waals surface area contributed by atoms with Gasteiger partial charge < -0.3 is 20.7 Å². The SMILES string of the molecule is CCNC(=O)C1COCCN1C(=O)C(C)CN. The number of morpholine rings is 1. The summed E-state index contributed by atoms with van der Waals surface area (Å²) in [6.07, 6.45) is 0. The van der Waals surface area contributed by atoms with Crippen LogP contribution in [0.25, 0.3) is 0 Å². The number of nitrogens with one attached hydrogen (secondary N) is 1. The van der Waals surface area contributed by atoms with Gasteiger partial charge in [0.05, 0.1) is 13.2 Å². The Balaban J connectivity index is 2.71. The minimum Gasteiger partial charge on any atom is -0.377 e. The molecule has 2 atom stereocenters. The molecule has 2 amide bonds. The molecule has 0 aromatic carbocycles. The molecule has 1 aliphatic rings. The highest BCUT2D eigenvalue weighted by Gasteiger charge is 2.34. The third kappa shape index (κ3) is 3.41. The van der Waals surface area contributed by atoms with Crippen molar-refractivity contribution in [3.05, 3.63) is 0 Å². The van der Waals surface area contributed by atoms with Gasteiger partial charge in [-0.25, -0.2) is 0 Å². The van der Waals surface area contributed by atoms with E-state index in [1.54, 1.807) is 11.8 Å². The van der Waals surface area contributed by atoms with Crippen LogP contribution in [0.4, 0.5) is 0 Å². The molecule has 0 aromatic rings. The monoisotopic (exact) mass is 243 g/mol. The summed E-state index contributed by atoms with van der Waals surface area (Å²) < 4.78 is 5.26. The van der Waals surface area contributed by atoms with Crippen molar-refractivity contribution in [3.63, 3.8) is 0 Å². The van der Waals surface area contributed by atoms with E-state index in [4.69, 9.17) is 10.5 Å². The highest BCUT2D eigenvalue weighted by molar-refractivity contribution is 5.88. The zero-order chi connectivity index (χ0) is 12.8. The van der Waals surface area contributed by atoms with E-state index in [2.05, 4.69) is 5.32 Å². The van der Waals surface area contributed by atoms with E-state index in [0.717, 1.165) is 0 Å². The predicted molar refractivity (Wildman–Crippen MR) is 63.2 cm³/mol. The molecule has 17 heavy (non-hydrogen) atoms. The van der Waals surface area contributed by atoms with Gasteiger partial charge in [-0.05, 0) is 6.92 Å². The third-order valence-electron chi connectivity index (χ3n) is 2.84. The predicted octanol–water partition coefficient (Wildman–Crippen LogP) is -1.06. The zero-order valence-electron chi connectivity index (χ0n) is 10.4. The maximum atomic E-state index is 12.1. The molecule has 1 fully saturated rings. The highest BCUT2D eigenvalue weighted by Crippen LogP contribution is 2.11. The summed E-state index contributed by atoms with van der Waals surface area (Å²) >= 11 is 0. The van der Waals surface area contributed by atoms with E-state index >= 15 is 0 Å². The minimum absolute atomic E-state index is 0.0768. The number of ether oxygens (including phenoxy) is 1. The lowest BCUT2D eigenvalue weighted by atomic mass is 10.1. The molecule has 0 radical (unpaired) electrons. The van der Waals surface area contributed by atoms with Gasteiger partial charge in [0.1, 0.15) is 6.04 Å². The number of rotatable bonds is 4. The normalized spacial score (nSPS) is 22.1. The van der Waals surface area contributed by atoms with Crippen LogP contribution in [-0.4, -0.2) is 55.6 Å². The van der Waals surface area contributed by atoms with Gasteiger partial charge in [-0.1, -0.05) is 6.92 Å². The third-order valence-corrected chi connectivity index (χ3v) is 2.84. The molecule has 0 spiro atoms. The maximum Gasteiger partial charge on any atom is 0.245 e. The Kier molecular flexibility index (Phi) is 5.37. The highest BCUT2D eigenvalue weighted by atomic mass is 16.5. The van der Waals surface area contributed by atoms with Crippen LogP contribution < -0.4 is 11.1 Å². The van der Waals surface area contributed by atoms with Crippen molar-refractivity contribution in [2.75, 3.05) is 32.8 Å². The number of carbonyl (C=O) groups excluding carboxylic acids is 2. The molecule has 1 aliphatic heterocycles. The van der Waals surface area contributed by atoms with Crippen molar-refractivity contribution in [2.45, 2.75) is 19.9 Å². The van der Waals surface area contributed by atoms with E-state index in [-0.39, 0.29) is 30.9 Å². The van der Waals surface area contributed by atoms with Crippen molar-refractivity contribution in [1.29, 1.82) is 0 Å². The van der Waals surface area contributed by atoms with E-state index in [9.17, 15) is 9.59 Å². The molecule has 0 aromatic heterocycles. The van der Waals surface area contributed by atoms with Gasteiger partial charge in [0.2, 0.25) is 11.8 Å². The molecule has 0 aliphatic carbocycles. The largest absolute Gasteiger partial charge is 0.377 e. The molecular weight excluding hydrogens is 222 g/mol. The first-order valence-corrected chi connectivity index (χ1v) is 5.97. The summed E-state index contributed by atoms with van der Waals surface area (Å²) in [6, 6.07) is -0.523. The molecule has 0 saturated carbocycles.